The molecule has 1 aromatic carbocycles. The van der Waals surface area contributed by atoms with E-state index in [-0.39, 0.29) is 24.9 Å². The molecule has 140 valence electrons. The molecule has 8 heteroatoms. The zero-order valence-electron chi connectivity index (χ0n) is 13.9. The lowest BCUT2D eigenvalue weighted by Crippen LogP contribution is -2.46. The summed E-state index contributed by atoms with van der Waals surface area (Å²) < 4.78 is 43.0. The minimum Gasteiger partial charge on any atom is -0.444 e. The summed E-state index contributed by atoms with van der Waals surface area (Å²) in [5.41, 5.74) is 1.11. The van der Waals surface area contributed by atoms with Crippen LogP contribution in [-0.2, 0) is 11.2 Å². The Kier molecular flexibility index (Phi) is 5.55. The molecular formula is C18H18ClF3N2O2. The van der Waals surface area contributed by atoms with E-state index in [1.54, 1.807) is 24.3 Å². The topological polar surface area (TPSA) is 46.3 Å². The van der Waals surface area contributed by atoms with Gasteiger partial charge in [-0.15, -0.1) is 0 Å². The Morgan fingerprint density at radius 3 is 2.54 bits per heavy atom. The Bertz CT molecular complexity index is 755. The number of carbonyl (C=O) groups excluding carboxylic acids is 1. The van der Waals surface area contributed by atoms with Crippen LogP contribution >= 0.6 is 11.6 Å². The normalized spacial score (nSPS) is 14.9. The zero-order chi connectivity index (χ0) is 18.7. The van der Waals surface area contributed by atoms with Gasteiger partial charge >= 0.3 is 6.18 Å². The fourth-order valence-electron chi connectivity index (χ4n) is 2.83. The van der Waals surface area contributed by atoms with Gasteiger partial charge in [-0.25, -0.2) is 4.98 Å². The molecule has 0 spiro atoms. The first-order valence-electron chi connectivity index (χ1n) is 8.38. The monoisotopic (exact) mass is 386 g/mol. The largest absolute Gasteiger partial charge is 0.444 e. The van der Waals surface area contributed by atoms with Crippen LogP contribution in [0.3, 0.4) is 0 Å². The van der Waals surface area contributed by atoms with Crippen molar-refractivity contribution in [2.75, 3.05) is 6.54 Å². The SMILES string of the molecule is O=C(Cc1coc(-c2ccc(Cl)cc2)n1)N(CCC(F)(F)F)C1CCC1. The molecule has 26 heavy (non-hydrogen) atoms. The van der Waals surface area contributed by atoms with Gasteiger partial charge in [0.05, 0.1) is 18.5 Å². The van der Waals surface area contributed by atoms with E-state index in [4.69, 9.17) is 16.0 Å². The van der Waals surface area contributed by atoms with E-state index in [2.05, 4.69) is 4.98 Å². The van der Waals surface area contributed by atoms with Crippen LogP contribution in [0.15, 0.2) is 34.9 Å². The predicted molar refractivity (Wildman–Crippen MR) is 90.7 cm³/mol. The molecule has 2 aromatic rings. The van der Waals surface area contributed by atoms with Crippen molar-refractivity contribution in [3.05, 3.63) is 41.2 Å². The summed E-state index contributed by atoms with van der Waals surface area (Å²) in [7, 11) is 0. The molecule has 1 aromatic heterocycles. The van der Waals surface area contributed by atoms with Crippen LogP contribution in [0.2, 0.25) is 5.02 Å². The van der Waals surface area contributed by atoms with E-state index in [9.17, 15) is 18.0 Å². The van der Waals surface area contributed by atoms with Gasteiger partial charge in [-0.2, -0.15) is 13.2 Å². The first-order valence-corrected chi connectivity index (χ1v) is 8.76. The van der Waals surface area contributed by atoms with Crippen molar-refractivity contribution in [3.63, 3.8) is 0 Å². The van der Waals surface area contributed by atoms with Crippen molar-refractivity contribution in [1.82, 2.24) is 9.88 Å². The van der Waals surface area contributed by atoms with E-state index in [1.165, 1.54) is 11.2 Å². The number of halogens is 4. The highest BCUT2D eigenvalue weighted by molar-refractivity contribution is 6.30. The number of alkyl halides is 3. The minimum atomic E-state index is -4.28. The number of benzene rings is 1. The molecular weight excluding hydrogens is 369 g/mol. The fraction of sp³-hybridized carbons (Fsp3) is 0.444. The van der Waals surface area contributed by atoms with Gasteiger partial charge in [0.2, 0.25) is 11.8 Å². The number of hydrogen-bond acceptors (Lipinski definition) is 3. The predicted octanol–water partition coefficient (Wildman–Crippen LogP) is 4.87. The van der Waals surface area contributed by atoms with E-state index >= 15 is 0 Å². The number of hydrogen-bond donors (Lipinski definition) is 0. The molecule has 0 aliphatic heterocycles. The van der Waals surface area contributed by atoms with Gasteiger partial charge in [-0.3, -0.25) is 4.79 Å². The quantitative estimate of drug-likeness (QED) is 0.711. The number of aromatic nitrogens is 1. The van der Waals surface area contributed by atoms with Crippen LogP contribution in [0.25, 0.3) is 11.5 Å². The molecule has 0 N–H and O–H groups in total. The Balaban J connectivity index is 1.66. The standard InChI is InChI=1S/C18H18ClF3N2O2/c19-13-6-4-12(5-7-13)17-23-14(11-26-17)10-16(25)24(15-2-1-3-15)9-8-18(20,21)22/h4-7,11,15H,1-3,8-10H2. The molecule has 4 nitrogen and oxygen atoms in total. The van der Waals surface area contributed by atoms with E-state index < -0.39 is 12.6 Å². The van der Waals surface area contributed by atoms with Crippen molar-refractivity contribution in [2.45, 2.75) is 44.3 Å². The molecule has 3 rings (SSSR count). The summed E-state index contributed by atoms with van der Waals surface area (Å²) in [6, 6.07) is 6.77. The third-order valence-electron chi connectivity index (χ3n) is 4.45. The molecule has 1 fully saturated rings. The molecule has 1 amide bonds. The summed E-state index contributed by atoms with van der Waals surface area (Å²) in [6.45, 7) is -0.311. The smallest absolute Gasteiger partial charge is 0.390 e. The number of amides is 1. The molecule has 1 saturated carbocycles. The van der Waals surface area contributed by atoms with Crippen molar-refractivity contribution in [1.29, 1.82) is 0 Å². The summed E-state index contributed by atoms with van der Waals surface area (Å²) in [4.78, 5) is 18.1. The third kappa shape index (κ3) is 4.78. The molecule has 0 atom stereocenters. The second-order valence-corrected chi connectivity index (χ2v) is 6.80. The summed E-state index contributed by atoms with van der Waals surface area (Å²) >= 11 is 5.84. The molecule has 0 saturated heterocycles. The first-order chi connectivity index (χ1) is 12.3. The maximum Gasteiger partial charge on any atom is 0.390 e. The van der Waals surface area contributed by atoms with Crippen LogP contribution in [0, 0.1) is 0 Å². The zero-order valence-corrected chi connectivity index (χ0v) is 14.7. The summed E-state index contributed by atoms with van der Waals surface area (Å²) in [5.74, 6) is -0.00939. The molecule has 0 radical (unpaired) electrons. The summed E-state index contributed by atoms with van der Waals surface area (Å²) in [6.07, 6.45) is -1.56. The van der Waals surface area contributed by atoms with Gasteiger partial charge in [0.15, 0.2) is 0 Å². The number of carbonyl (C=O) groups is 1. The van der Waals surface area contributed by atoms with Gasteiger partial charge in [0, 0.05) is 23.2 Å². The number of oxazole rings is 1. The van der Waals surface area contributed by atoms with E-state index in [0.717, 1.165) is 19.3 Å². The lowest BCUT2D eigenvalue weighted by molar-refractivity contribution is -0.149. The molecule has 0 bridgehead atoms. The van der Waals surface area contributed by atoms with Crippen molar-refractivity contribution in [3.8, 4) is 11.5 Å². The lowest BCUT2D eigenvalue weighted by atomic mass is 9.91. The van der Waals surface area contributed by atoms with Crippen molar-refractivity contribution >= 4 is 17.5 Å². The highest BCUT2D eigenvalue weighted by Crippen LogP contribution is 2.28. The number of nitrogens with zero attached hydrogens (tertiary/aromatic N) is 2. The highest BCUT2D eigenvalue weighted by Gasteiger charge is 2.34. The van der Waals surface area contributed by atoms with Crippen LogP contribution in [0.4, 0.5) is 13.2 Å². The minimum absolute atomic E-state index is 0.0779. The fourth-order valence-corrected chi connectivity index (χ4v) is 2.95. The third-order valence-corrected chi connectivity index (χ3v) is 4.70. The van der Waals surface area contributed by atoms with Crippen molar-refractivity contribution < 1.29 is 22.4 Å². The summed E-state index contributed by atoms with van der Waals surface area (Å²) in [5, 5.41) is 0.580. The Morgan fingerprint density at radius 2 is 1.96 bits per heavy atom. The molecule has 0 unspecified atom stereocenters. The first kappa shape index (κ1) is 18.8. The second-order valence-electron chi connectivity index (χ2n) is 6.36. The Morgan fingerprint density at radius 1 is 1.27 bits per heavy atom. The van der Waals surface area contributed by atoms with Crippen LogP contribution < -0.4 is 0 Å². The van der Waals surface area contributed by atoms with Crippen LogP contribution in [0.5, 0.6) is 0 Å². The van der Waals surface area contributed by atoms with Gasteiger partial charge in [-0.1, -0.05) is 11.6 Å². The second kappa shape index (κ2) is 7.70. The van der Waals surface area contributed by atoms with Gasteiger partial charge in [0.1, 0.15) is 6.26 Å². The maximum atomic E-state index is 12.5. The Hall–Kier alpha value is -2.02. The van der Waals surface area contributed by atoms with Gasteiger partial charge in [-0.05, 0) is 43.5 Å². The highest BCUT2D eigenvalue weighted by atomic mass is 35.5. The maximum absolute atomic E-state index is 12.5. The van der Waals surface area contributed by atoms with Crippen molar-refractivity contribution in [2.24, 2.45) is 0 Å². The Labute approximate surface area is 154 Å². The van der Waals surface area contributed by atoms with Crippen LogP contribution in [-0.4, -0.2) is 34.6 Å². The average molecular weight is 387 g/mol. The van der Waals surface area contributed by atoms with Crippen LogP contribution in [0.1, 0.15) is 31.4 Å². The lowest BCUT2D eigenvalue weighted by Gasteiger charge is -2.37. The van der Waals surface area contributed by atoms with Gasteiger partial charge in [0.25, 0.3) is 0 Å². The van der Waals surface area contributed by atoms with E-state index in [1.807, 2.05) is 0 Å². The molecule has 1 heterocycles. The van der Waals surface area contributed by atoms with E-state index in [0.29, 0.717) is 22.2 Å². The number of rotatable bonds is 6. The average Bonchev–Trinajstić information content (AvgIpc) is 2.97. The van der Waals surface area contributed by atoms with Gasteiger partial charge < -0.3 is 9.32 Å². The molecule has 1 aliphatic carbocycles. The molecule has 1 aliphatic rings.